The summed E-state index contributed by atoms with van der Waals surface area (Å²) in [6.07, 6.45) is 0. The second-order valence-corrected chi connectivity index (χ2v) is 8.96. The molecule has 1 saturated heterocycles. The second kappa shape index (κ2) is 7.87. The summed E-state index contributed by atoms with van der Waals surface area (Å²) in [6.45, 7) is 2.56. The predicted molar refractivity (Wildman–Crippen MR) is 116 cm³/mol. The largest absolute Gasteiger partial charge is 0.477 e. The third-order valence-electron chi connectivity index (χ3n) is 4.82. The van der Waals surface area contributed by atoms with Gasteiger partial charge in [-0.2, -0.15) is 11.8 Å². The van der Waals surface area contributed by atoms with Crippen LogP contribution in [0.2, 0.25) is 5.02 Å². The van der Waals surface area contributed by atoms with Gasteiger partial charge in [0.05, 0.1) is 10.5 Å². The third kappa shape index (κ3) is 3.63. The molecule has 1 aromatic heterocycles. The average molecular weight is 466 g/mol. The summed E-state index contributed by atoms with van der Waals surface area (Å²) in [5.74, 6) is 1.23. The van der Waals surface area contributed by atoms with Gasteiger partial charge in [-0.05, 0) is 40.2 Å². The minimum Gasteiger partial charge on any atom is -0.477 e. The summed E-state index contributed by atoms with van der Waals surface area (Å²) in [4.78, 5) is 14.6. The van der Waals surface area contributed by atoms with Crippen LogP contribution in [0.4, 0.5) is 0 Å². The lowest BCUT2D eigenvalue weighted by Gasteiger charge is -2.26. The summed E-state index contributed by atoms with van der Waals surface area (Å²) in [6, 6.07) is 13.4. The van der Waals surface area contributed by atoms with Crippen molar-refractivity contribution in [2.24, 2.45) is 0 Å². The van der Waals surface area contributed by atoms with Gasteiger partial charge >= 0.3 is 5.97 Å². The molecule has 1 aliphatic rings. The molecule has 2 aromatic carbocycles. The van der Waals surface area contributed by atoms with Gasteiger partial charge in [-0.3, -0.25) is 4.90 Å². The molecule has 1 N–H and O–H groups in total. The zero-order valence-corrected chi connectivity index (χ0v) is 17.6. The molecular weight excluding hydrogens is 448 g/mol. The maximum Gasteiger partial charge on any atom is 0.353 e. The van der Waals surface area contributed by atoms with Crippen molar-refractivity contribution >= 4 is 56.2 Å². The van der Waals surface area contributed by atoms with Crippen molar-refractivity contribution in [2.45, 2.75) is 6.54 Å². The fourth-order valence-corrected chi connectivity index (χ4v) is 5.04. The van der Waals surface area contributed by atoms with Crippen LogP contribution in [0.15, 0.2) is 46.9 Å². The van der Waals surface area contributed by atoms with Crippen LogP contribution in [0.5, 0.6) is 0 Å². The Bertz CT molecular complexity index is 1000. The molecule has 0 spiro atoms. The topological polar surface area (TPSA) is 45.5 Å². The van der Waals surface area contributed by atoms with Crippen LogP contribution in [0.3, 0.4) is 0 Å². The maximum absolute atomic E-state index is 12.3. The first-order valence-corrected chi connectivity index (χ1v) is 11.0. The highest BCUT2D eigenvalue weighted by Gasteiger charge is 2.26. The monoisotopic (exact) mass is 464 g/mol. The summed E-state index contributed by atoms with van der Waals surface area (Å²) in [5, 5.41) is 11.6. The van der Waals surface area contributed by atoms with E-state index in [0.717, 1.165) is 51.2 Å². The van der Waals surface area contributed by atoms with Crippen molar-refractivity contribution in [3.63, 3.8) is 0 Å². The van der Waals surface area contributed by atoms with E-state index >= 15 is 0 Å². The summed E-state index contributed by atoms with van der Waals surface area (Å²) >= 11 is 11.8. The molecule has 0 amide bonds. The van der Waals surface area contributed by atoms with E-state index in [1.54, 1.807) is 0 Å². The molecule has 0 saturated carbocycles. The van der Waals surface area contributed by atoms with E-state index in [4.69, 9.17) is 11.6 Å². The molecule has 0 aliphatic carbocycles. The fraction of sp³-hybridized carbons (Fsp3) is 0.250. The summed E-state index contributed by atoms with van der Waals surface area (Å²) < 4.78 is 2.58. The van der Waals surface area contributed by atoms with Crippen LogP contribution in [0, 0.1) is 0 Å². The van der Waals surface area contributed by atoms with Crippen molar-refractivity contribution in [2.75, 3.05) is 24.6 Å². The lowest BCUT2D eigenvalue weighted by Crippen LogP contribution is -2.32. The SMILES string of the molecule is O=C(O)c1c(CN2CCSCC2)c2cc(Br)c(Cl)cc2n1-c1ccccc1. The highest BCUT2D eigenvalue weighted by atomic mass is 79.9. The smallest absolute Gasteiger partial charge is 0.353 e. The normalized spacial score (nSPS) is 15.3. The number of aromatic nitrogens is 1. The van der Waals surface area contributed by atoms with Gasteiger partial charge in [0, 0.05) is 52.2 Å². The number of para-hydroxylation sites is 1. The molecule has 4 rings (SSSR count). The highest BCUT2D eigenvalue weighted by Crippen LogP contribution is 2.36. The average Bonchev–Trinajstić information content (AvgIpc) is 2.97. The van der Waals surface area contributed by atoms with Crippen LogP contribution in [-0.2, 0) is 6.54 Å². The Morgan fingerprint density at radius 1 is 1.19 bits per heavy atom. The number of halogens is 2. The number of hydrogen-bond acceptors (Lipinski definition) is 3. The number of aromatic carboxylic acids is 1. The molecule has 27 heavy (non-hydrogen) atoms. The summed E-state index contributed by atoms with van der Waals surface area (Å²) in [7, 11) is 0. The zero-order valence-electron chi connectivity index (χ0n) is 14.5. The number of carboxylic acid groups (broad SMARTS) is 1. The Morgan fingerprint density at radius 3 is 2.56 bits per heavy atom. The molecule has 140 valence electrons. The molecule has 0 radical (unpaired) electrons. The molecule has 0 unspecified atom stereocenters. The maximum atomic E-state index is 12.3. The standard InChI is InChI=1S/C20H18BrClN2O2S/c21-16-10-14-15(12-23-6-8-27-9-7-23)19(20(25)26)24(18(14)11-17(16)22)13-4-2-1-3-5-13/h1-5,10-11H,6-9,12H2,(H,25,26). The Kier molecular flexibility index (Phi) is 5.50. The molecule has 1 fully saturated rings. The first-order chi connectivity index (χ1) is 13.1. The van der Waals surface area contributed by atoms with E-state index in [1.165, 1.54) is 0 Å². The van der Waals surface area contributed by atoms with Gasteiger partial charge in [-0.1, -0.05) is 29.8 Å². The number of fused-ring (bicyclic) bond motifs is 1. The van der Waals surface area contributed by atoms with E-state index in [2.05, 4.69) is 20.8 Å². The van der Waals surface area contributed by atoms with E-state index in [1.807, 2.05) is 58.8 Å². The van der Waals surface area contributed by atoms with E-state index in [0.29, 0.717) is 17.3 Å². The molecule has 3 aromatic rings. The van der Waals surface area contributed by atoms with Gasteiger partial charge in [-0.15, -0.1) is 0 Å². The Balaban J connectivity index is 1.98. The van der Waals surface area contributed by atoms with Crippen molar-refractivity contribution in [1.29, 1.82) is 0 Å². The lowest BCUT2D eigenvalue weighted by molar-refractivity contribution is 0.0686. The van der Waals surface area contributed by atoms with Crippen LogP contribution >= 0.6 is 39.3 Å². The second-order valence-electron chi connectivity index (χ2n) is 6.48. The van der Waals surface area contributed by atoms with Crippen LogP contribution in [0.1, 0.15) is 16.1 Å². The molecule has 4 nitrogen and oxygen atoms in total. The van der Waals surface area contributed by atoms with Crippen molar-refractivity contribution < 1.29 is 9.90 Å². The minimum absolute atomic E-state index is 0.309. The number of nitrogens with zero attached hydrogens (tertiary/aromatic N) is 2. The Hall–Kier alpha value is -1.47. The number of hydrogen-bond donors (Lipinski definition) is 1. The Labute approximate surface area is 175 Å². The first kappa shape index (κ1) is 18.9. The number of benzene rings is 2. The number of rotatable bonds is 4. The van der Waals surface area contributed by atoms with Crippen LogP contribution in [0.25, 0.3) is 16.6 Å². The number of thioether (sulfide) groups is 1. The number of carbonyl (C=O) groups is 1. The zero-order chi connectivity index (χ0) is 19.0. The van der Waals surface area contributed by atoms with Gasteiger partial charge < -0.3 is 9.67 Å². The molecule has 0 bridgehead atoms. The van der Waals surface area contributed by atoms with Crippen LogP contribution < -0.4 is 0 Å². The minimum atomic E-state index is -0.927. The third-order valence-corrected chi connectivity index (χ3v) is 6.96. The molecular formula is C20H18BrClN2O2S. The predicted octanol–water partition coefficient (Wildman–Crippen LogP) is 5.29. The van der Waals surface area contributed by atoms with Crippen LogP contribution in [-0.4, -0.2) is 45.1 Å². The van der Waals surface area contributed by atoms with Gasteiger partial charge in [0.15, 0.2) is 0 Å². The van der Waals surface area contributed by atoms with Gasteiger partial charge in [-0.25, -0.2) is 4.79 Å². The van der Waals surface area contributed by atoms with Gasteiger partial charge in [0.25, 0.3) is 0 Å². The number of carboxylic acids is 1. The fourth-order valence-electron chi connectivity index (χ4n) is 3.56. The van der Waals surface area contributed by atoms with E-state index in [9.17, 15) is 9.90 Å². The van der Waals surface area contributed by atoms with E-state index < -0.39 is 5.97 Å². The Morgan fingerprint density at radius 2 is 1.89 bits per heavy atom. The first-order valence-electron chi connectivity index (χ1n) is 8.67. The highest BCUT2D eigenvalue weighted by molar-refractivity contribution is 9.10. The quantitative estimate of drug-likeness (QED) is 0.568. The molecule has 1 aliphatic heterocycles. The lowest BCUT2D eigenvalue weighted by atomic mass is 10.1. The van der Waals surface area contributed by atoms with Crippen molar-refractivity contribution in [1.82, 2.24) is 9.47 Å². The van der Waals surface area contributed by atoms with Gasteiger partial charge in [0.1, 0.15) is 5.69 Å². The molecule has 2 heterocycles. The molecule has 7 heteroatoms. The van der Waals surface area contributed by atoms with Gasteiger partial charge in [0.2, 0.25) is 0 Å². The molecule has 0 atom stereocenters. The van der Waals surface area contributed by atoms with E-state index in [-0.39, 0.29) is 0 Å². The summed E-state index contributed by atoms with van der Waals surface area (Å²) in [5.41, 5.74) is 2.78. The van der Waals surface area contributed by atoms with Crippen molar-refractivity contribution in [3.8, 4) is 5.69 Å². The van der Waals surface area contributed by atoms with Crippen molar-refractivity contribution in [3.05, 3.63) is 63.2 Å².